The second-order valence-corrected chi connectivity index (χ2v) is 9.87. The number of carbonyl (C=O) groups excluding carboxylic acids is 1. The number of rotatable bonds is 15. The Kier molecular flexibility index (Phi) is 13.1. The summed E-state index contributed by atoms with van der Waals surface area (Å²) in [6.45, 7) is -0.321. The molecule has 0 aliphatic carbocycles. The van der Waals surface area contributed by atoms with Crippen molar-refractivity contribution in [2.24, 2.45) is 0 Å². The Morgan fingerprint density at radius 1 is 0.865 bits per heavy atom. The van der Waals surface area contributed by atoms with Gasteiger partial charge >= 0.3 is 11.9 Å². The van der Waals surface area contributed by atoms with Crippen LogP contribution in [0.3, 0.4) is 0 Å². The van der Waals surface area contributed by atoms with Crippen molar-refractivity contribution in [3.8, 4) is 0 Å². The first kappa shape index (κ1) is 32.2. The average molecular weight is 541 g/mol. The van der Waals surface area contributed by atoms with Gasteiger partial charge in [0, 0.05) is 6.42 Å². The first-order valence-electron chi connectivity index (χ1n) is 13.1. The molecule has 0 saturated carbocycles. The van der Waals surface area contributed by atoms with E-state index in [1.807, 2.05) is 0 Å². The van der Waals surface area contributed by atoms with Gasteiger partial charge in [-0.2, -0.15) is 0 Å². The molecule has 2 fully saturated rings. The monoisotopic (exact) mass is 540 g/mol. The van der Waals surface area contributed by atoms with Crippen LogP contribution in [0.1, 0.15) is 71.1 Å². The molecule has 9 atom stereocenters. The Hall–Kier alpha value is -0.970. The molecule has 0 aromatic heterocycles. The molecule has 0 unspecified atom stereocenters. The SMILES string of the molecule is CCCCCCCCCCCC(=O)O[C@@]1(OC[C@]2(O)OC[C@@H](O)[C@@H](O)[C@@H]2O)O[C@H](CO)[C@@H](O)[C@H](O)[C@H]1O. The smallest absolute Gasteiger partial charge is 0.360 e. The Labute approximate surface area is 216 Å². The summed E-state index contributed by atoms with van der Waals surface area (Å²) in [4.78, 5) is 12.6. The largest absolute Gasteiger partial charge is 0.405 e. The molecule has 0 radical (unpaired) electrons. The van der Waals surface area contributed by atoms with Crippen LogP contribution >= 0.6 is 0 Å². The van der Waals surface area contributed by atoms with Crippen LogP contribution in [0.5, 0.6) is 0 Å². The maximum absolute atomic E-state index is 12.6. The number of carbonyl (C=O) groups is 1. The van der Waals surface area contributed by atoms with Gasteiger partial charge in [0.15, 0.2) is 6.10 Å². The van der Waals surface area contributed by atoms with E-state index in [2.05, 4.69) is 6.92 Å². The minimum Gasteiger partial charge on any atom is -0.405 e. The molecule has 2 heterocycles. The molecular formula is C24H44O13. The minimum absolute atomic E-state index is 0.0895. The molecule has 2 aliphatic rings. The van der Waals surface area contributed by atoms with E-state index in [4.69, 9.17) is 18.9 Å². The van der Waals surface area contributed by atoms with E-state index in [-0.39, 0.29) is 6.42 Å². The van der Waals surface area contributed by atoms with E-state index in [0.29, 0.717) is 6.42 Å². The van der Waals surface area contributed by atoms with E-state index in [1.165, 1.54) is 25.7 Å². The summed E-state index contributed by atoms with van der Waals surface area (Å²) in [7, 11) is 0. The number of esters is 1. The van der Waals surface area contributed by atoms with Crippen LogP contribution in [-0.4, -0.2) is 121 Å². The van der Waals surface area contributed by atoms with Gasteiger partial charge in [-0.05, 0) is 6.42 Å². The number of hydrogen-bond acceptors (Lipinski definition) is 13. The van der Waals surface area contributed by atoms with Crippen molar-refractivity contribution in [2.45, 2.75) is 126 Å². The summed E-state index contributed by atoms with van der Waals surface area (Å²) in [5, 5.41) is 80.8. The summed E-state index contributed by atoms with van der Waals surface area (Å²) in [6, 6.07) is 0. The van der Waals surface area contributed by atoms with Crippen LogP contribution in [0.25, 0.3) is 0 Å². The van der Waals surface area contributed by atoms with Gasteiger partial charge in [-0.25, -0.2) is 0 Å². The van der Waals surface area contributed by atoms with Gasteiger partial charge in [0.2, 0.25) is 5.79 Å². The summed E-state index contributed by atoms with van der Waals surface area (Å²) in [5.74, 6) is -6.29. The molecule has 0 spiro atoms. The first-order valence-corrected chi connectivity index (χ1v) is 13.1. The quantitative estimate of drug-likeness (QED) is 0.0668. The Bertz CT molecular complexity index is 679. The van der Waals surface area contributed by atoms with Crippen LogP contribution in [0.15, 0.2) is 0 Å². The van der Waals surface area contributed by atoms with Gasteiger partial charge in [-0.15, -0.1) is 0 Å². The zero-order chi connectivity index (χ0) is 27.6. The molecule has 13 heteroatoms. The fourth-order valence-corrected chi connectivity index (χ4v) is 4.36. The minimum atomic E-state index is -2.79. The molecular weight excluding hydrogens is 496 g/mol. The standard InChI is InChI=1S/C24H44O13/c1-2-3-4-5-6-7-8-9-10-11-17(27)37-24(22(32)20(30)19(29)16(12-25)36-24)35-14-23(33)21(31)18(28)15(26)13-34-23/h15-16,18-22,25-26,28-33H,2-14H2,1H3/t15-,16-,18-,19-,20+,21+,22-,23+,24+/m1/s1. The zero-order valence-electron chi connectivity index (χ0n) is 21.4. The molecule has 2 rings (SSSR count). The number of ether oxygens (including phenoxy) is 4. The van der Waals surface area contributed by atoms with Crippen LogP contribution in [-0.2, 0) is 23.7 Å². The van der Waals surface area contributed by atoms with Crippen LogP contribution in [0.2, 0.25) is 0 Å². The predicted octanol–water partition coefficient (Wildman–Crippen LogP) is -1.60. The van der Waals surface area contributed by atoms with Gasteiger partial charge in [0.1, 0.15) is 43.2 Å². The second-order valence-electron chi connectivity index (χ2n) is 9.87. The third-order valence-electron chi connectivity index (χ3n) is 6.82. The topological polar surface area (TPSA) is 216 Å². The Morgan fingerprint density at radius 3 is 2.05 bits per heavy atom. The number of unbranched alkanes of at least 4 members (excludes halogenated alkanes) is 8. The van der Waals surface area contributed by atoms with E-state index < -0.39 is 80.3 Å². The van der Waals surface area contributed by atoms with Gasteiger partial charge in [0.05, 0.1) is 13.2 Å². The van der Waals surface area contributed by atoms with Crippen molar-refractivity contribution >= 4 is 5.97 Å². The van der Waals surface area contributed by atoms with Gasteiger partial charge in [-0.1, -0.05) is 58.3 Å². The molecule has 2 aliphatic heterocycles. The number of aliphatic hydroxyl groups is 8. The maximum atomic E-state index is 12.6. The number of aliphatic hydroxyl groups excluding tert-OH is 7. The summed E-state index contributed by atoms with van der Waals surface area (Å²) < 4.78 is 21.0. The van der Waals surface area contributed by atoms with Crippen LogP contribution < -0.4 is 0 Å². The lowest BCUT2D eigenvalue weighted by molar-refractivity contribution is -0.464. The Balaban J connectivity index is 2.01. The summed E-state index contributed by atoms with van der Waals surface area (Å²) in [6.07, 6.45) is -3.84. The lowest BCUT2D eigenvalue weighted by Crippen LogP contribution is -2.69. The van der Waals surface area contributed by atoms with Gasteiger partial charge in [0.25, 0.3) is 0 Å². The van der Waals surface area contributed by atoms with Gasteiger partial charge in [-0.3, -0.25) is 4.79 Å². The van der Waals surface area contributed by atoms with Crippen molar-refractivity contribution in [3.63, 3.8) is 0 Å². The fraction of sp³-hybridized carbons (Fsp3) is 0.958. The van der Waals surface area contributed by atoms with Gasteiger partial charge < -0.3 is 59.8 Å². The summed E-state index contributed by atoms with van der Waals surface area (Å²) in [5.41, 5.74) is 0. The second kappa shape index (κ2) is 15.0. The van der Waals surface area contributed by atoms with Crippen LogP contribution in [0.4, 0.5) is 0 Å². The lowest BCUT2D eigenvalue weighted by atomic mass is 9.96. The first-order chi connectivity index (χ1) is 17.5. The molecule has 218 valence electrons. The zero-order valence-corrected chi connectivity index (χ0v) is 21.4. The fourth-order valence-electron chi connectivity index (χ4n) is 4.36. The van der Waals surface area contributed by atoms with Crippen molar-refractivity contribution in [1.82, 2.24) is 0 Å². The lowest BCUT2D eigenvalue weighted by Gasteiger charge is -2.48. The van der Waals surface area contributed by atoms with E-state index >= 15 is 0 Å². The Morgan fingerprint density at radius 2 is 1.46 bits per heavy atom. The molecule has 37 heavy (non-hydrogen) atoms. The molecule has 0 bridgehead atoms. The highest BCUT2D eigenvalue weighted by Gasteiger charge is 2.60. The summed E-state index contributed by atoms with van der Waals surface area (Å²) >= 11 is 0. The highest BCUT2D eigenvalue weighted by Crippen LogP contribution is 2.35. The third-order valence-corrected chi connectivity index (χ3v) is 6.82. The van der Waals surface area contributed by atoms with Crippen molar-refractivity contribution in [1.29, 1.82) is 0 Å². The van der Waals surface area contributed by atoms with Crippen molar-refractivity contribution in [2.75, 3.05) is 19.8 Å². The number of hydrogen-bond donors (Lipinski definition) is 8. The average Bonchev–Trinajstić information content (AvgIpc) is 2.88. The highest BCUT2D eigenvalue weighted by molar-refractivity contribution is 5.69. The van der Waals surface area contributed by atoms with Crippen molar-refractivity contribution in [3.05, 3.63) is 0 Å². The maximum Gasteiger partial charge on any atom is 0.360 e. The molecule has 0 aromatic rings. The molecule has 0 amide bonds. The predicted molar refractivity (Wildman–Crippen MR) is 126 cm³/mol. The molecule has 13 nitrogen and oxygen atoms in total. The van der Waals surface area contributed by atoms with E-state index in [1.54, 1.807) is 0 Å². The highest BCUT2D eigenvalue weighted by atomic mass is 16.9. The molecule has 0 aromatic carbocycles. The van der Waals surface area contributed by atoms with Crippen LogP contribution in [0, 0.1) is 0 Å². The normalized spacial score (nSPS) is 38.5. The molecule has 8 N–H and O–H groups in total. The third kappa shape index (κ3) is 8.51. The van der Waals surface area contributed by atoms with Crippen molar-refractivity contribution < 1.29 is 64.6 Å². The van der Waals surface area contributed by atoms with E-state index in [0.717, 1.165) is 25.7 Å². The molecule has 2 saturated heterocycles. The van der Waals surface area contributed by atoms with E-state index in [9.17, 15) is 45.6 Å².